The van der Waals surface area contributed by atoms with E-state index in [1.165, 1.54) is 12.1 Å². The monoisotopic (exact) mass is 540 g/mol. The lowest BCUT2D eigenvalue weighted by Crippen LogP contribution is -2.54. The first-order valence-corrected chi connectivity index (χ1v) is 10.6. The lowest BCUT2D eigenvalue weighted by molar-refractivity contribution is -0.122. The van der Waals surface area contributed by atoms with E-state index in [0.29, 0.717) is 26.9 Å². The number of urea groups is 1. The Hall–Kier alpha value is -2.16. The number of hydrogen-bond donors (Lipinski definition) is 1. The number of rotatable bonds is 5. The molecular weight excluding hydrogens is 527 g/mol. The maximum absolute atomic E-state index is 13.0. The SMILES string of the molecule is CCCOc1c(Br)cc(/C=C2\C(=O)NC(=O)N(c3ccccc3Cl)C2=O)cc1Br. The minimum atomic E-state index is -0.851. The van der Waals surface area contributed by atoms with Crippen LogP contribution in [0.25, 0.3) is 6.08 Å². The fourth-order valence-electron chi connectivity index (χ4n) is 2.68. The molecular formula is C20H15Br2ClN2O4. The number of hydrogen-bond acceptors (Lipinski definition) is 4. The third-order valence-electron chi connectivity index (χ3n) is 3.98. The summed E-state index contributed by atoms with van der Waals surface area (Å²) < 4.78 is 7.00. The van der Waals surface area contributed by atoms with Crippen LogP contribution in [0.15, 0.2) is 50.9 Å². The maximum Gasteiger partial charge on any atom is 0.335 e. The van der Waals surface area contributed by atoms with E-state index in [1.807, 2.05) is 6.92 Å². The summed E-state index contributed by atoms with van der Waals surface area (Å²) >= 11 is 13.0. The van der Waals surface area contributed by atoms with Crippen molar-refractivity contribution in [3.8, 4) is 5.75 Å². The molecule has 1 aliphatic heterocycles. The van der Waals surface area contributed by atoms with Crippen LogP contribution in [0.5, 0.6) is 5.75 Å². The van der Waals surface area contributed by atoms with Gasteiger partial charge in [0, 0.05) is 0 Å². The topological polar surface area (TPSA) is 75.7 Å². The van der Waals surface area contributed by atoms with Gasteiger partial charge >= 0.3 is 6.03 Å². The van der Waals surface area contributed by atoms with Crippen LogP contribution in [0.1, 0.15) is 18.9 Å². The Kier molecular flexibility index (Phi) is 6.77. The molecule has 0 spiro atoms. The second-order valence-electron chi connectivity index (χ2n) is 6.07. The standard InChI is InChI=1S/C20H15Br2ClN2O4/c1-2-7-29-17-13(21)9-11(10-14(17)22)8-12-18(26)24-20(28)25(19(12)27)16-6-4-3-5-15(16)23/h3-6,8-10H,2,7H2,1H3,(H,24,26,28)/b12-8+. The number of imide groups is 2. The zero-order chi connectivity index (χ0) is 21.1. The number of benzene rings is 2. The van der Waals surface area contributed by atoms with E-state index in [0.717, 1.165) is 11.3 Å². The predicted octanol–water partition coefficient (Wildman–Crippen LogP) is 5.32. The fraction of sp³-hybridized carbons (Fsp3) is 0.150. The van der Waals surface area contributed by atoms with E-state index >= 15 is 0 Å². The van der Waals surface area contributed by atoms with E-state index < -0.39 is 17.8 Å². The van der Waals surface area contributed by atoms with Crippen LogP contribution in [-0.2, 0) is 9.59 Å². The molecule has 3 rings (SSSR count). The second-order valence-corrected chi connectivity index (χ2v) is 8.19. The molecule has 29 heavy (non-hydrogen) atoms. The number of carbonyl (C=O) groups is 3. The van der Waals surface area contributed by atoms with Gasteiger partial charge in [0.2, 0.25) is 0 Å². The number of amides is 4. The lowest BCUT2D eigenvalue weighted by atomic mass is 10.1. The molecule has 0 unspecified atom stereocenters. The first-order valence-electron chi connectivity index (χ1n) is 8.61. The van der Waals surface area contributed by atoms with Gasteiger partial charge in [0.1, 0.15) is 11.3 Å². The summed E-state index contributed by atoms with van der Waals surface area (Å²) in [5.41, 5.74) is 0.575. The lowest BCUT2D eigenvalue weighted by Gasteiger charge is -2.27. The van der Waals surface area contributed by atoms with Crippen molar-refractivity contribution in [2.24, 2.45) is 0 Å². The van der Waals surface area contributed by atoms with Crippen molar-refractivity contribution in [1.29, 1.82) is 0 Å². The molecule has 4 amide bonds. The Bertz CT molecular complexity index is 1020. The number of carbonyl (C=O) groups excluding carboxylic acids is 3. The van der Waals surface area contributed by atoms with Crippen LogP contribution in [0.4, 0.5) is 10.5 Å². The zero-order valence-corrected chi connectivity index (χ0v) is 19.1. The van der Waals surface area contributed by atoms with Crippen molar-refractivity contribution in [2.75, 3.05) is 11.5 Å². The van der Waals surface area contributed by atoms with Crippen molar-refractivity contribution >= 4 is 73.1 Å². The van der Waals surface area contributed by atoms with Crippen LogP contribution < -0.4 is 15.0 Å². The van der Waals surface area contributed by atoms with E-state index in [-0.39, 0.29) is 16.3 Å². The molecule has 0 radical (unpaired) electrons. The first-order chi connectivity index (χ1) is 13.8. The minimum absolute atomic E-state index is 0.189. The highest BCUT2D eigenvalue weighted by Gasteiger charge is 2.37. The summed E-state index contributed by atoms with van der Waals surface area (Å²) in [6.07, 6.45) is 2.26. The highest BCUT2D eigenvalue weighted by Crippen LogP contribution is 2.36. The van der Waals surface area contributed by atoms with Crippen molar-refractivity contribution in [3.63, 3.8) is 0 Å². The number of ether oxygens (including phenoxy) is 1. The van der Waals surface area contributed by atoms with Gasteiger partial charge in [-0.05, 0) is 74.2 Å². The minimum Gasteiger partial charge on any atom is -0.491 e. The van der Waals surface area contributed by atoms with Crippen molar-refractivity contribution in [3.05, 3.63) is 61.5 Å². The van der Waals surface area contributed by atoms with Gasteiger partial charge in [-0.2, -0.15) is 0 Å². The Morgan fingerprint density at radius 1 is 1.14 bits per heavy atom. The third-order valence-corrected chi connectivity index (χ3v) is 5.47. The molecule has 9 heteroatoms. The highest BCUT2D eigenvalue weighted by atomic mass is 79.9. The first kappa shape index (κ1) is 21.5. The molecule has 150 valence electrons. The Labute approximate surface area is 189 Å². The second kappa shape index (κ2) is 9.11. The van der Waals surface area contributed by atoms with Crippen LogP contribution in [-0.4, -0.2) is 24.5 Å². The number of para-hydroxylation sites is 1. The quantitative estimate of drug-likeness (QED) is 0.410. The molecule has 2 aromatic carbocycles. The largest absolute Gasteiger partial charge is 0.491 e. The average molecular weight is 543 g/mol. The molecule has 1 heterocycles. The molecule has 2 aromatic rings. The van der Waals surface area contributed by atoms with Gasteiger partial charge in [-0.25, -0.2) is 9.69 Å². The van der Waals surface area contributed by atoms with E-state index in [2.05, 4.69) is 37.2 Å². The fourth-order valence-corrected chi connectivity index (χ4v) is 4.35. The molecule has 0 bridgehead atoms. The molecule has 0 aromatic heterocycles. The van der Waals surface area contributed by atoms with Gasteiger partial charge in [0.15, 0.2) is 0 Å². The summed E-state index contributed by atoms with van der Waals surface area (Å²) in [4.78, 5) is 38.4. The summed E-state index contributed by atoms with van der Waals surface area (Å²) in [5, 5.41) is 2.39. The van der Waals surface area contributed by atoms with Crippen molar-refractivity contribution in [1.82, 2.24) is 5.32 Å². The Morgan fingerprint density at radius 3 is 2.41 bits per heavy atom. The van der Waals surface area contributed by atoms with Gasteiger partial charge < -0.3 is 4.74 Å². The van der Waals surface area contributed by atoms with Gasteiger partial charge in [-0.3, -0.25) is 14.9 Å². The number of anilines is 1. The molecule has 1 N–H and O–H groups in total. The van der Waals surface area contributed by atoms with Crippen LogP contribution >= 0.6 is 43.5 Å². The summed E-state index contributed by atoms with van der Waals surface area (Å²) in [6.45, 7) is 2.55. The van der Waals surface area contributed by atoms with Crippen LogP contribution in [0, 0.1) is 0 Å². The van der Waals surface area contributed by atoms with Crippen LogP contribution in [0.3, 0.4) is 0 Å². The van der Waals surface area contributed by atoms with E-state index in [1.54, 1.807) is 30.3 Å². The maximum atomic E-state index is 13.0. The Balaban J connectivity index is 2.00. The van der Waals surface area contributed by atoms with Crippen LogP contribution in [0.2, 0.25) is 5.02 Å². The summed E-state index contributed by atoms with van der Waals surface area (Å²) in [5.74, 6) is -0.909. The zero-order valence-electron chi connectivity index (χ0n) is 15.2. The highest BCUT2D eigenvalue weighted by molar-refractivity contribution is 9.11. The van der Waals surface area contributed by atoms with Gasteiger partial charge in [0.05, 0.1) is 26.3 Å². The van der Waals surface area contributed by atoms with Crippen molar-refractivity contribution in [2.45, 2.75) is 13.3 Å². The third kappa shape index (κ3) is 4.55. The Morgan fingerprint density at radius 2 is 1.79 bits per heavy atom. The van der Waals surface area contributed by atoms with Gasteiger partial charge in [-0.1, -0.05) is 30.7 Å². The summed E-state index contributed by atoms with van der Waals surface area (Å²) in [7, 11) is 0. The molecule has 1 saturated heterocycles. The smallest absolute Gasteiger partial charge is 0.335 e. The molecule has 1 aliphatic rings. The molecule has 0 saturated carbocycles. The number of nitrogens with one attached hydrogen (secondary N) is 1. The normalized spacial score (nSPS) is 15.7. The predicted molar refractivity (Wildman–Crippen MR) is 118 cm³/mol. The van der Waals surface area contributed by atoms with Gasteiger partial charge in [0.25, 0.3) is 11.8 Å². The molecule has 6 nitrogen and oxygen atoms in total. The average Bonchev–Trinajstić information content (AvgIpc) is 2.66. The van der Waals surface area contributed by atoms with Gasteiger partial charge in [-0.15, -0.1) is 0 Å². The van der Waals surface area contributed by atoms with Crippen molar-refractivity contribution < 1.29 is 19.1 Å². The number of nitrogens with zero attached hydrogens (tertiary/aromatic N) is 1. The summed E-state index contributed by atoms with van der Waals surface area (Å²) in [6, 6.07) is 9.00. The van der Waals surface area contributed by atoms with E-state index in [9.17, 15) is 14.4 Å². The molecule has 0 atom stereocenters. The number of barbiturate groups is 1. The molecule has 1 fully saturated rings. The van der Waals surface area contributed by atoms with E-state index in [4.69, 9.17) is 16.3 Å². The number of halogens is 3. The molecule has 0 aliphatic carbocycles.